The van der Waals surface area contributed by atoms with E-state index in [0.717, 1.165) is 49.6 Å². The zero-order valence-electron chi connectivity index (χ0n) is 13.1. The van der Waals surface area contributed by atoms with Crippen LogP contribution < -0.4 is 5.32 Å². The maximum absolute atomic E-state index is 11.5. The van der Waals surface area contributed by atoms with Gasteiger partial charge in [-0.1, -0.05) is 23.7 Å². The van der Waals surface area contributed by atoms with Crippen molar-refractivity contribution in [3.63, 3.8) is 0 Å². The van der Waals surface area contributed by atoms with Gasteiger partial charge in [-0.2, -0.15) is 0 Å². The van der Waals surface area contributed by atoms with Crippen molar-refractivity contribution >= 4 is 17.5 Å². The van der Waals surface area contributed by atoms with Gasteiger partial charge in [-0.05, 0) is 43.7 Å². The Labute approximate surface area is 141 Å². The van der Waals surface area contributed by atoms with Gasteiger partial charge < -0.3 is 14.6 Å². The third-order valence-corrected chi connectivity index (χ3v) is 4.26. The van der Waals surface area contributed by atoms with Crippen LogP contribution in [0.25, 0.3) is 11.3 Å². The predicted octanol–water partition coefficient (Wildman–Crippen LogP) is 3.70. The molecule has 5 heteroatoms. The summed E-state index contributed by atoms with van der Waals surface area (Å²) in [6.45, 7) is 3.32. The monoisotopic (exact) mass is 332 g/mol. The van der Waals surface area contributed by atoms with Gasteiger partial charge in [0.1, 0.15) is 11.5 Å². The van der Waals surface area contributed by atoms with E-state index in [1.807, 2.05) is 41.3 Å². The highest BCUT2D eigenvalue weighted by molar-refractivity contribution is 6.30. The van der Waals surface area contributed by atoms with Gasteiger partial charge >= 0.3 is 0 Å². The molecule has 0 radical (unpaired) electrons. The zero-order chi connectivity index (χ0) is 16.1. The van der Waals surface area contributed by atoms with Crippen molar-refractivity contribution in [1.82, 2.24) is 10.2 Å². The molecule has 122 valence electrons. The summed E-state index contributed by atoms with van der Waals surface area (Å²) in [7, 11) is 0. The van der Waals surface area contributed by atoms with Gasteiger partial charge in [0, 0.05) is 30.1 Å². The quantitative estimate of drug-likeness (QED) is 0.786. The number of benzene rings is 1. The van der Waals surface area contributed by atoms with E-state index in [0.29, 0.717) is 23.9 Å². The first kappa shape index (κ1) is 16.1. The van der Waals surface area contributed by atoms with Crippen LogP contribution in [0.5, 0.6) is 0 Å². The molecule has 0 unspecified atom stereocenters. The third-order valence-electron chi connectivity index (χ3n) is 4.02. The molecule has 1 N–H and O–H groups in total. The molecule has 0 aliphatic carbocycles. The Morgan fingerprint density at radius 3 is 2.96 bits per heavy atom. The molecule has 1 aromatic carbocycles. The lowest BCUT2D eigenvalue weighted by Gasteiger charge is -2.15. The molecule has 1 aliphatic heterocycles. The molecule has 1 aliphatic rings. The van der Waals surface area contributed by atoms with Gasteiger partial charge in [0.15, 0.2) is 0 Å². The standard InChI is InChI=1S/C18H21ClN2O2/c19-15-5-1-4-14(12-15)17-8-7-16(23-17)13-20-9-3-11-21-10-2-6-18(21)22/h1,4-5,7-8,12,20H,2-3,6,9-11,13H2. The van der Waals surface area contributed by atoms with Crippen molar-refractivity contribution in [1.29, 1.82) is 0 Å². The molecule has 0 saturated carbocycles. The van der Waals surface area contributed by atoms with Crippen LogP contribution >= 0.6 is 11.6 Å². The van der Waals surface area contributed by atoms with E-state index in [2.05, 4.69) is 5.32 Å². The first-order valence-electron chi connectivity index (χ1n) is 8.05. The number of carbonyl (C=O) groups is 1. The van der Waals surface area contributed by atoms with Crippen molar-refractivity contribution in [3.05, 3.63) is 47.2 Å². The topological polar surface area (TPSA) is 45.5 Å². The van der Waals surface area contributed by atoms with Gasteiger partial charge in [0.2, 0.25) is 5.91 Å². The first-order valence-corrected chi connectivity index (χ1v) is 8.43. The molecule has 3 rings (SSSR count). The first-order chi connectivity index (χ1) is 11.2. The number of furan rings is 1. The lowest BCUT2D eigenvalue weighted by atomic mass is 10.2. The summed E-state index contributed by atoms with van der Waals surface area (Å²) >= 11 is 6.00. The molecule has 1 fully saturated rings. The Kier molecular flexibility index (Phi) is 5.36. The van der Waals surface area contributed by atoms with Crippen LogP contribution in [0.3, 0.4) is 0 Å². The predicted molar refractivity (Wildman–Crippen MR) is 91.3 cm³/mol. The number of likely N-dealkylation sites (tertiary alicyclic amines) is 1. The highest BCUT2D eigenvalue weighted by atomic mass is 35.5. The average Bonchev–Trinajstić information content (AvgIpc) is 3.17. The third kappa shape index (κ3) is 4.36. The van der Waals surface area contributed by atoms with Crippen LogP contribution in [-0.4, -0.2) is 30.4 Å². The normalized spacial score (nSPS) is 14.7. The van der Waals surface area contributed by atoms with Crippen molar-refractivity contribution in [2.24, 2.45) is 0 Å². The van der Waals surface area contributed by atoms with E-state index < -0.39 is 0 Å². The van der Waals surface area contributed by atoms with Crippen molar-refractivity contribution in [3.8, 4) is 11.3 Å². The molecule has 2 aromatic rings. The largest absolute Gasteiger partial charge is 0.460 e. The second-order valence-electron chi connectivity index (χ2n) is 5.79. The summed E-state index contributed by atoms with van der Waals surface area (Å²) in [4.78, 5) is 13.5. The molecule has 23 heavy (non-hydrogen) atoms. The number of halogens is 1. The Morgan fingerprint density at radius 1 is 1.26 bits per heavy atom. The smallest absolute Gasteiger partial charge is 0.222 e. The van der Waals surface area contributed by atoms with Gasteiger partial charge in [-0.3, -0.25) is 4.79 Å². The lowest BCUT2D eigenvalue weighted by Crippen LogP contribution is -2.28. The minimum Gasteiger partial charge on any atom is -0.460 e. The minimum absolute atomic E-state index is 0.294. The second kappa shape index (κ2) is 7.66. The molecule has 0 bridgehead atoms. The lowest BCUT2D eigenvalue weighted by molar-refractivity contribution is -0.127. The van der Waals surface area contributed by atoms with Crippen molar-refractivity contribution < 1.29 is 9.21 Å². The summed E-state index contributed by atoms with van der Waals surface area (Å²) in [6.07, 6.45) is 2.69. The van der Waals surface area contributed by atoms with Crippen LogP contribution in [0, 0.1) is 0 Å². The van der Waals surface area contributed by atoms with E-state index >= 15 is 0 Å². The molecule has 1 aromatic heterocycles. The fourth-order valence-electron chi connectivity index (χ4n) is 2.82. The number of amides is 1. The number of nitrogens with zero attached hydrogens (tertiary/aromatic N) is 1. The summed E-state index contributed by atoms with van der Waals surface area (Å²) in [6, 6.07) is 11.6. The van der Waals surface area contributed by atoms with Crippen molar-refractivity contribution in [2.75, 3.05) is 19.6 Å². The summed E-state index contributed by atoms with van der Waals surface area (Å²) < 4.78 is 5.84. The van der Waals surface area contributed by atoms with Gasteiger partial charge in [-0.15, -0.1) is 0 Å². The fourth-order valence-corrected chi connectivity index (χ4v) is 3.01. The van der Waals surface area contributed by atoms with Crippen LogP contribution in [0.15, 0.2) is 40.8 Å². The van der Waals surface area contributed by atoms with Crippen LogP contribution in [0.2, 0.25) is 5.02 Å². The Hall–Kier alpha value is -1.78. The van der Waals surface area contributed by atoms with E-state index in [-0.39, 0.29) is 0 Å². The number of carbonyl (C=O) groups excluding carboxylic acids is 1. The molecular weight excluding hydrogens is 312 g/mol. The highest BCUT2D eigenvalue weighted by Crippen LogP contribution is 2.24. The van der Waals surface area contributed by atoms with Gasteiger partial charge in [-0.25, -0.2) is 0 Å². The Bertz CT molecular complexity index is 669. The number of nitrogens with one attached hydrogen (secondary N) is 1. The summed E-state index contributed by atoms with van der Waals surface area (Å²) in [5.74, 6) is 2.02. The summed E-state index contributed by atoms with van der Waals surface area (Å²) in [5.41, 5.74) is 0.983. The fraction of sp³-hybridized carbons (Fsp3) is 0.389. The molecule has 0 atom stereocenters. The SMILES string of the molecule is O=C1CCCN1CCCNCc1ccc(-c2cccc(Cl)c2)o1. The molecule has 1 saturated heterocycles. The molecule has 4 nitrogen and oxygen atoms in total. The van der Waals surface area contributed by atoms with E-state index in [9.17, 15) is 4.79 Å². The van der Waals surface area contributed by atoms with E-state index in [4.69, 9.17) is 16.0 Å². The number of hydrogen-bond acceptors (Lipinski definition) is 3. The maximum atomic E-state index is 11.5. The zero-order valence-corrected chi connectivity index (χ0v) is 13.8. The molecule has 2 heterocycles. The molecule has 1 amide bonds. The van der Waals surface area contributed by atoms with E-state index in [1.54, 1.807) is 0 Å². The van der Waals surface area contributed by atoms with Gasteiger partial charge in [0.05, 0.1) is 6.54 Å². The Balaban J connectivity index is 1.42. The molecular formula is C18H21ClN2O2. The van der Waals surface area contributed by atoms with Gasteiger partial charge in [0.25, 0.3) is 0 Å². The van der Waals surface area contributed by atoms with Crippen molar-refractivity contribution in [2.45, 2.75) is 25.8 Å². The number of hydrogen-bond donors (Lipinski definition) is 1. The highest BCUT2D eigenvalue weighted by Gasteiger charge is 2.18. The van der Waals surface area contributed by atoms with Crippen LogP contribution in [-0.2, 0) is 11.3 Å². The maximum Gasteiger partial charge on any atom is 0.222 e. The van der Waals surface area contributed by atoms with Crippen LogP contribution in [0.4, 0.5) is 0 Å². The second-order valence-corrected chi connectivity index (χ2v) is 6.23. The number of rotatable bonds is 7. The average molecular weight is 333 g/mol. The van der Waals surface area contributed by atoms with Crippen LogP contribution in [0.1, 0.15) is 25.0 Å². The Morgan fingerprint density at radius 2 is 2.17 bits per heavy atom. The minimum atomic E-state index is 0.294. The van der Waals surface area contributed by atoms with E-state index in [1.165, 1.54) is 0 Å². The molecule has 0 spiro atoms. The summed E-state index contributed by atoms with van der Waals surface area (Å²) in [5, 5.41) is 4.06.